The van der Waals surface area contributed by atoms with Crippen LogP contribution < -0.4 is 0 Å². The van der Waals surface area contributed by atoms with E-state index in [-0.39, 0.29) is 0 Å². The lowest BCUT2D eigenvalue weighted by atomic mass is 10.6. The second kappa shape index (κ2) is 8.17. The van der Waals surface area contributed by atoms with Crippen LogP contribution in [0.1, 0.15) is 20.3 Å². The molecule has 0 aromatic rings. The molecule has 0 radical (unpaired) electrons. The van der Waals surface area contributed by atoms with Gasteiger partial charge >= 0.3 is 8.56 Å². The van der Waals surface area contributed by atoms with E-state index >= 15 is 0 Å². The van der Waals surface area contributed by atoms with Crippen LogP contribution in [0, 0.1) is 0 Å². The molecule has 5 heteroatoms. The normalized spacial score (nSPS) is 12.0. The Morgan fingerprint density at radius 2 is 1.77 bits per heavy atom. The fraction of sp³-hybridized carbons (Fsp3) is 1.00. The Morgan fingerprint density at radius 3 is 2.15 bits per heavy atom. The molecule has 0 aliphatic carbocycles. The van der Waals surface area contributed by atoms with Crippen molar-refractivity contribution in [2.45, 2.75) is 32.9 Å². The molecule has 0 atom stereocenters. The Morgan fingerprint density at radius 1 is 1.23 bits per heavy atom. The molecule has 13 heavy (non-hydrogen) atoms. The molecule has 0 aliphatic rings. The van der Waals surface area contributed by atoms with E-state index in [0.29, 0.717) is 0 Å². The molecule has 0 fully saturated rings. The third kappa shape index (κ3) is 6.85. The maximum Gasteiger partial charge on any atom is 0.334 e. The van der Waals surface area contributed by atoms with Gasteiger partial charge in [-0.15, -0.1) is 11.7 Å². The standard InChI is InChI=1S/C8H20O2S2Si/c1-4-9-13(3,10-5-2)8-6-7-12-11/h11H,4-8H2,1-3H3. The molecule has 0 N–H and O–H groups in total. The average molecular weight is 240 g/mol. The summed E-state index contributed by atoms with van der Waals surface area (Å²) in [7, 11) is -0.250. The molecule has 80 valence electrons. The molecular formula is C8H20O2S2Si. The first-order chi connectivity index (χ1) is 6.18. The van der Waals surface area contributed by atoms with Crippen LogP contribution in [-0.4, -0.2) is 27.5 Å². The molecule has 0 saturated carbocycles. The smallest absolute Gasteiger partial charge is 0.334 e. The molecule has 0 heterocycles. The fourth-order valence-corrected chi connectivity index (χ4v) is 4.58. The minimum atomic E-state index is -1.83. The molecule has 0 bridgehead atoms. The predicted octanol–water partition coefficient (Wildman–Crippen LogP) is 3.10. The number of hydrogen-bond acceptors (Lipinski definition) is 4. The van der Waals surface area contributed by atoms with Crippen LogP contribution >= 0.6 is 22.5 Å². The molecule has 0 aliphatic heterocycles. The van der Waals surface area contributed by atoms with Gasteiger partial charge in [0.15, 0.2) is 0 Å². The molecule has 0 spiro atoms. The first-order valence-corrected chi connectivity index (χ1v) is 9.29. The number of thiol groups is 1. The van der Waals surface area contributed by atoms with Crippen molar-refractivity contribution >= 4 is 31.0 Å². The second-order valence-corrected chi connectivity index (χ2v) is 7.72. The van der Waals surface area contributed by atoms with Crippen molar-refractivity contribution in [2.75, 3.05) is 19.0 Å². The van der Waals surface area contributed by atoms with Gasteiger partial charge in [0.1, 0.15) is 0 Å². The maximum atomic E-state index is 5.70. The lowest BCUT2D eigenvalue weighted by Gasteiger charge is -2.25. The Hall–Kier alpha value is 0.837. The van der Waals surface area contributed by atoms with Crippen molar-refractivity contribution in [3.05, 3.63) is 0 Å². The lowest BCUT2D eigenvalue weighted by molar-refractivity contribution is 0.189. The van der Waals surface area contributed by atoms with Crippen LogP contribution in [0.4, 0.5) is 0 Å². The van der Waals surface area contributed by atoms with Crippen molar-refractivity contribution < 1.29 is 8.85 Å². The minimum Gasteiger partial charge on any atom is -0.395 e. The summed E-state index contributed by atoms with van der Waals surface area (Å²) in [4.78, 5) is 0. The third-order valence-electron chi connectivity index (χ3n) is 1.77. The van der Waals surface area contributed by atoms with Crippen molar-refractivity contribution in [2.24, 2.45) is 0 Å². The van der Waals surface area contributed by atoms with E-state index < -0.39 is 8.56 Å². The minimum absolute atomic E-state index is 0.761. The monoisotopic (exact) mass is 240 g/mol. The molecular weight excluding hydrogens is 220 g/mol. The molecule has 0 rings (SSSR count). The van der Waals surface area contributed by atoms with Gasteiger partial charge in [-0.25, -0.2) is 0 Å². The van der Waals surface area contributed by atoms with Crippen LogP contribution in [0.3, 0.4) is 0 Å². The van der Waals surface area contributed by atoms with Gasteiger partial charge in [0.2, 0.25) is 0 Å². The maximum absolute atomic E-state index is 5.70. The summed E-state index contributed by atoms with van der Waals surface area (Å²) in [5, 5.41) is 0. The first kappa shape index (κ1) is 13.8. The van der Waals surface area contributed by atoms with Gasteiger partial charge in [0.05, 0.1) is 0 Å². The second-order valence-electron chi connectivity index (χ2n) is 2.94. The highest BCUT2D eigenvalue weighted by Crippen LogP contribution is 2.18. The lowest BCUT2D eigenvalue weighted by Crippen LogP contribution is -2.38. The van der Waals surface area contributed by atoms with Crippen LogP contribution in [0.5, 0.6) is 0 Å². The molecule has 0 unspecified atom stereocenters. The van der Waals surface area contributed by atoms with E-state index in [0.717, 1.165) is 31.4 Å². The Labute approximate surface area is 91.8 Å². The predicted molar refractivity (Wildman–Crippen MR) is 65.7 cm³/mol. The summed E-state index contributed by atoms with van der Waals surface area (Å²) in [6, 6.07) is 1.07. The first-order valence-electron chi connectivity index (χ1n) is 4.72. The van der Waals surface area contributed by atoms with Crippen LogP contribution in [0.25, 0.3) is 0 Å². The van der Waals surface area contributed by atoms with E-state index in [1.807, 2.05) is 13.8 Å². The molecule has 0 saturated heterocycles. The van der Waals surface area contributed by atoms with E-state index in [2.05, 4.69) is 18.2 Å². The summed E-state index contributed by atoms with van der Waals surface area (Å²) >= 11 is 4.11. The topological polar surface area (TPSA) is 18.5 Å². The van der Waals surface area contributed by atoms with Gasteiger partial charge in [0.25, 0.3) is 0 Å². The van der Waals surface area contributed by atoms with Crippen LogP contribution in [0.2, 0.25) is 12.6 Å². The van der Waals surface area contributed by atoms with E-state index in [9.17, 15) is 0 Å². The van der Waals surface area contributed by atoms with E-state index in [4.69, 9.17) is 8.85 Å². The molecule has 0 amide bonds. The van der Waals surface area contributed by atoms with Crippen molar-refractivity contribution in [3.63, 3.8) is 0 Å². The van der Waals surface area contributed by atoms with Gasteiger partial charge < -0.3 is 8.85 Å². The Bertz CT molecular complexity index is 119. The fourth-order valence-electron chi connectivity index (χ4n) is 1.25. The van der Waals surface area contributed by atoms with Gasteiger partial charge in [-0.2, -0.15) is 0 Å². The zero-order chi connectivity index (χ0) is 10.2. The van der Waals surface area contributed by atoms with Gasteiger partial charge in [-0.1, -0.05) is 10.8 Å². The largest absolute Gasteiger partial charge is 0.395 e. The van der Waals surface area contributed by atoms with Gasteiger partial charge in [-0.3, -0.25) is 0 Å². The van der Waals surface area contributed by atoms with Crippen molar-refractivity contribution in [3.8, 4) is 0 Å². The van der Waals surface area contributed by atoms with E-state index in [1.165, 1.54) is 0 Å². The van der Waals surface area contributed by atoms with Crippen molar-refractivity contribution in [1.29, 1.82) is 0 Å². The van der Waals surface area contributed by atoms with E-state index in [1.54, 1.807) is 10.8 Å². The highest BCUT2D eigenvalue weighted by molar-refractivity contribution is 8.68. The third-order valence-corrected chi connectivity index (χ3v) is 5.85. The van der Waals surface area contributed by atoms with Gasteiger partial charge in [0, 0.05) is 19.0 Å². The zero-order valence-electron chi connectivity index (χ0n) is 8.71. The number of hydrogen-bond donors (Lipinski definition) is 1. The Balaban J connectivity index is 3.76. The highest BCUT2D eigenvalue weighted by atomic mass is 33.1. The Kier molecular flexibility index (Phi) is 8.70. The molecule has 0 aromatic heterocycles. The molecule has 0 aromatic carbocycles. The summed E-state index contributed by atoms with van der Waals surface area (Å²) in [6.07, 6.45) is 1.14. The zero-order valence-corrected chi connectivity index (χ0v) is 11.4. The summed E-state index contributed by atoms with van der Waals surface area (Å²) in [5.74, 6) is 1.08. The SMILES string of the molecule is CCO[Si](C)(CCCSS)OCC. The summed E-state index contributed by atoms with van der Waals surface area (Å²) in [6.45, 7) is 7.71. The number of rotatable bonds is 8. The summed E-state index contributed by atoms with van der Waals surface area (Å²) < 4.78 is 11.4. The summed E-state index contributed by atoms with van der Waals surface area (Å²) in [5.41, 5.74) is 0. The van der Waals surface area contributed by atoms with Crippen LogP contribution in [0.15, 0.2) is 0 Å². The van der Waals surface area contributed by atoms with Crippen molar-refractivity contribution in [1.82, 2.24) is 0 Å². The van der Waals surface area contributed by atoms with Crippen LogP contribution in [-0.2, 0) is 8.85 Å². The molecule has 2 nitrogen and oxygen atoms in total. The quantitative estimate of drug-likeness (QED) is 0.304. The van der Waals surface area contributed by atoms with Gasteiger partial charge in [-0.05, 0) is 32.9 Å². The average Bonchev–Trinajstić information content (AvgIpc) is 2.05. The highest BCUT2D eigenvalue weighted by Gasteiger charge is 2.29.